The zero-order valence-corrected chi connectivity index (χ0v) is 30.6. The van der Waals surface area contributed by atoms with E-state index in [9.17, 15) is 8.42 Å². The Morgan fingerprint density at radius 3 is 1.84 bits per heavy atom. The van der Waals surface area contributed by atoms with Crippen molar-refractivity contribution in [1.29, 1.82) is 0 Å². The number of nitrogens with one attached hydrogen (secondary N) is 2. The van der Waals surface area contributed by atoms with Crippen LogP contribution in [-0.4, -0.2) is 75.5 Å². The number of terminal acetylenes is 2. The molecule has 3 aromatic rings. The van der Waals surface area contributed by atoms with Crippen LogP contribution in [0.1, 0.15) is 73.2 Å². The predicted octanol–water partition coefficient (Wildman–Crippen LogP) is 4.78. The average Bonchev–Trinajstić information content (AvgIpc) is 3.48. The summed E-state index contributed by atoms with van der Waals surface area (Å²) < 4.78 is 29.9. The van der Waals surface area contributed by atoms with Gasteiger partial charge < -0.3 is 9.64 Å². The zero-order valence-electron chi connectivity index (χ0n) is 29.0. The maximum Gasteiger partial charge on any atom is 0.262 e. The lowest BCUT2D eigenvalue weighted by atomic mass is 9.84. The van der Waals surface area contributed by atoms with E-state index in [4.69, 9.17) is 17.6 Å². The Morgan fingerprint density at radius 1 is 0.898 bits per heavy atom. The summed E-state index contributed by atoms with van der Waals surface area (Å²) in [6.07, 6.45) is 12.6. The molecule has 1 unspecified atom stereocenters. The first-order valence-electron chi connectivity index (χ1n) is 16.4. The molecule has 2 aliphatic heterocycles. The van der Waals surface area contributed by atoms with E-state index < -0.39 is 15.5 Å². The van der Waals surface area contributed by atoms with Gasteiger partial charge in [-0.3, -0.25) is 20.3 Å². The second-order valence-electron chi connectivity index (χ2n) is 13.7. The van der Waals surface area contributed by atoms with Crippen LogP contribution in [0.25, 0.3) is 0 Å². The number of carbonyl (C=O) groups excluding carboxylic acids is 1. The first kappa shape index (κ1) is 38.0. The van der Waals surface area contributed by atoms with E-state index in [0.29, 0.717) is 50.6 Å². The van der Waals surface area contributed by atoms with Crippen molar-refractivity contribution < 1.29 is 17.9 Å². The van der Waals surface area contributed by atoms with Gasteiger partial charge in [0, 0.05) is 55.7 Å². The van der Waals surface area contributed by atoms with Gasteiger partial charge in [-0.25, -0.2) is 8.42 Å². The smallest absolute Gasteiger partial charge is 0.262 e. The van der Waals surface area contributed by atoms with Gasteiger partial charge in [-0.15, -0.1) is 25.3 Å². The van der Waals surface area contributed by atoms with E-state index in [1.54, 1.807) is 0 Å². The third-order valence-corrected chi connectivity index (χ3v) is 10.2. The number of halogens is 1. The molecule has 2 saturated heterocycles. The molecule has 49 heavy (non-hydrogen) atoms. The van der Waals surface area contributed by atoms with Crippen LogP contribution >= 0.6 is 12.4 Å². The molecular formula is C39H47ClN4O4S. The third-order valence-electron chi connectivity index (χ3n) is 9.26. The van der Waals surface area contributed by atoms with Crippen molar-refractivity contribution in [3.8, 4) is 30.4 Å². The molecule has 0 spiro atoms. The van der Waals surface area contributed by atoms with Crippen LogP contribution < -0.4 is 15.4 Å². The normalized spacial score (nSPS) is 21.3. The van der Waals surface area contributed by atoms with Crippen LogP contribution in [0.5, 0.6) is 5.75 Å². The van der Waals surface area contributed by atoms with Gasteiger partial charge in [0.2, 0.25) is 0 Å². The Labute approximate surface area is 298 Å². The van der Waals surface area contributed by atoms with E-state index in [1.807, 2.05) is 72.5 Å². The van der Waals surface area contributed by atoms with Crippen LogP contribution in [0.15, 0.2) is 66.7 Å². The molecule has 0 bridgehead atoms. The molecule has 2 aliphatic rings. The van der Waals surface area contributed by atoms with Gasteiger partial charge in [0.15, 0.2) is 5.66 Å². The van der Waals surface area contributed by atoms with Crippen molar-refractivity contribution in [2.24, 2.45) is 0 Å². The summed E-state index contributed by atoms with van der Waals surface area (Å²) in [4.78, 5) is 19.1. The Bertz CT molecular complexity index is 1750. The Kier molecular flexibility index (Phi) is 11.9. The second kappa shape index (κ2) is 15.4. The van der Waals surface area contributed by atoms with Gasteiger partial charge in [-0.05, 0) is 59.4 Å². The molecule has 260 valence electrons. The van der Waals surface area contributed by atoms with Crippen molar-refractivity contribution in [1.82, 2.24) is 20.4 Å². The number of nitrogens with zero attached hydrogens (tertiary/aromatic N) is 2. The van der Waals surface area contributed by atoms with E-state index in [1.165, 1.54) is 6.26 Å². The van der Waals surface area contributed by atoms with Gasteiger partial charge in [0.05, 0.1) is 24.4 Å². The van der Waals surface area contributed by atoms with E-state index in [2.05, 4.69) is 54.2 Å². The molecule has 0 aromatic heterocycles. The number of amides is 1. The highest BCUT2D eigenvalue weighted by atomic mass is 35.5. The molecule has 0 aliphatic carbocycles. The average molecular weight is 703 g/mol. The number of piperazine rings is 1. The number of carbonyl (C=O) groups is 1. The fourth-order valence-corrected chi connectivity index (χ4v) is 7.06. The van der Waals surface area contributed by atoms with Crippen molar-refractivity contribution >= 4 is 28.2 Å². The largest absolute Gasteiger partial charge is 0.493 e. The lowest BCUT2D eigenvalue weighted by molar-refractivity contribution is -0.141. The van der Waals surface area contributed by atoms with Crippen molar-refractivity contribution in [2.45, 2.75) is 50.9 Å². The summed E-state index contributed by atoms with van der Waals surface area (Å²) in [5.41, 5.74) is 3.78. The highest BCUT2D eigenvalue weighted by Gasteiger charge is 2.54. The van der Waals surface area contributed by atoms with E-state index in [-0.39, 0.29) is 41.6 Å². The summed E-state index contributed by atoms with van der Waals surface area (Å²) in [6, 6.07) is 21.1. The molecule has 5 rings (SSSR count). The summed E-state index contributed by atoms with van der Waals surface area (Å²) >= 11 is 0. The van der Waals surface area contributed by atoms with Gasteiger partial charge in [-0.2, -0.15) is 0 Å². The van der Waals surface area contributed by atoms with Gasteiger partial charge in [0.25, 0.3) is 5.91 Å². The summed E-state index contributed by atoms with van der Waals surface area (Å²) in [6.45, 7) is 11.3. The van der Waals surface area contributed by atoms with Crippen LogP contribution in [0.2, 0.25) is 0 Å². The first-order chi connectivity index (χ1) is 22.8. The molecule has 2 heterocycles. The maximum atomic E-state index is 15.1. The highest BCUT2D eigenvalue weighted by Crippen LogP contribution is 2.45. The van der Waals surface area contributed by atoms with Crippen molar-refractivity contribution in [3.05, 3.63) is 100 Å². The fraction of sp³-hybridized carbons (Fsp3) is 0.410. The topological polar surface area (TPSA) is 91.0 Å². The van der Waals surface area contributed by atoms with Crippen molar-refractivity contribution in [2.75, 3.05) is 51.3 Å². The maximum absolute atomic E-state index is 15.1. The minimum atomic E-state index is -3.09. The molecule has 3 aromatic carbocycles. The first-order valence-corrected chi connectivity index (χ1v) is 18.5. The van der Waals surface area contributed by atoms with E-state index >= 15 is 4.79 Å². The minimum absolute atomic E-state index is 0. The van der Waals surface area contributed by atoms with Crippen LogP contribution in [0.4, 0.5) is 0 Å². The Hall–Kier alpha value is -3.83. The standard InChI is InChI=1S/C39H46N4O4S.ClH/c1-8-28-11-15-30(16-12-28)35-36(31-17-13-29(9-2)14-18-31)41-39(40-35,33-20-19-32(38(4,5)6)27-34(33)47-10-3)37(44)43-23-21-42(22-24-43)25-26-48(7,45)46;/h1-2,11-20,27,35-36,40-41H,10,21-26H2,3-7H3;1H/t35-,36+,39?;. The number of sulfone groups is 1. The Morgan fingerprint density at radius 2 is 1.41 bits per heavy atom. The molecule has 1 amide bonds. The highest BCUT2D eigenvalue weighted by molar-refractivity contribution is 7.90. The number of rotatable bonds is 9. The molecule has 10 heteroatoms. The van der Waals surface area contributed by atoms with Gasteiger partial charge >= 0.3 is 0 Å². The SMILES string of the molecule is C#Cc1ccc([C@H]2NC(C(=O)N3CCN(CCS(C)(=O)=O)CC3)(c3ccc(C(C)(C)C)cc3OCC)N[C@H]2c2ccc(C#C)cc2)cc1.Cl. The zero-order chi connectivity index (χ0) is 34.7. The number of benzene rings is 3. The Balaban J connectivity index is 0.00000541. The van der Waals surface area contributed by atoms with Crippen LogP contribution in [0, 0.1) is 24.7 Å². The molecule has 3 atom stereocenters. The number of hydrogen-bond acceptors (Lipinski definition) is 7. The monoisotopic (exact) mass is 702 g/mol. The third kappa shape index (κ3) is 8.49. The minimum Gasteiger partial charge on any atom is -0.493 e. The van der Waals surface area contributed by atoms with Crippen LogP contribution in [-0.2, 0) is 25.7 Å². The summed E-state index contributed by atoms with van der Waals surface area (Å²) in [5, 5.41) is 7.59. The molecule has 2 fully saturated rings. The van der Waals surface area contributed by atoms with Crippen molar-refractivity contribution in [3.63, 3.8) is 0 Å². The van der Waals surface area contributed by atoms with Gasteiger partial charge in [0.1, 0.15) is 15.6 Å². The molecule has 0 saturated carbocycles. The second-order valence-corrected chi connectivity index (χ2v) is 15.9. The molecule has 0 radical (unpaired) electrons. The molecule has 2 N–H and O–H groups in total. The number of hydrogen-bond donors (Lipinski definition) is 2. The lowest BCUT2D eigenvalue weighted by Gasteiger charge is -2.41. The quantitative estimate of drug-likeness (QED) is 0.310. The lowest BCUT2D eigenvalue weighted by Crippen LogP contribution is -2.62. The molecular weight excluding hydrogens is 656 g/mol. The van der Waals surface area contributed by atoms with E-state index in [0.717, 1.165) is 27.8 Å². The number of ether oxygens (including phenoxy) is 1. The molecule has 8 nitrogen and oxygen atoms in total. The van der Waals surface area contributed by atoms with Gasteiger partial charge in [-0.1, -0.05) is 69.0 Å². The summed E-state index contributed by atoms with van der Waals surface area (Å²) in [7, 11) is -3.09. The summed E-state index contributed by atoms with van der Waals surface area (Å²) in [5.74, 6) is 5.99. The fourth-order valence-electron chi connectivity index (χ4n) is 6.47. The van der Waals surface area contributed by atoms with Crippen LogP contribution in [0.3, 0.4) is 0 Å². The predicted molar refractivity (Wildman–Crippen MR) is 198 cm³/mol.